The molecule has 3 amide bonds. The van der Waals surface area contributed by atoms with Crippen LogP contribution in [0.25, 0.3) is 10.8 Å². The van der Waals surface area contributed by atoms with E-state index in [1.807, 2.05) is 94.5 Å². The van der Waals surface area contributed by atoms with Gasteiger partial charge < -0.3 is 24.5 Å². The van der Waals surface area contributed by atoms with Crippen LogP contribution < -0.4 is 4.90 Å². The molecule has 0 aliphatic carbocycles. The summed E-state index contributed by atoms with van der Waals surface area (Å²) in [6.45, 7) is 8.78. The summed E-state index contributed by atoms with van der Waals surface area (Å²) in [5.41, 5.74) is -1.68. The van der Waals surface area contributed by atoms with Crippen LogP contribution in [0, 0.1) is 17.8 Å². The highest BCUT2D eigenvalue weighted by molar-refractivity contribution is 6.07. The molecular formula is C33H39N3O5. The van der Waals surface area contributed by atoms with Crippen molar-refractivity contribution in [1.82, 2.24) is 9.80 Å². The number of benzene rings is 2. The van der Waals surface area contributed by atoms with Crippen LogP contribution in [0.4, 0.5) is 5.69 Å². The monoisotopic (exact) mass is 557 g/mol. The van der Waals surface area contributed by atoms with Crippen molar-refractivity contribution in [2.24, 2.45) is 17.8 Å². The lowest BCUT2D eigenvalue weighted by Crippen LogP contribution is -2.59. The van der Waals surface area contributed by atoms with Crippen molar-refractivity contribution in [1.29, 1.82) is 0 Å². The summed E-state index contributed by atoms with van der Waals surface area (Å²) in [6.07, 6.45) is 8.40. The first-order chi connectivity index (χ1) is 19.7. The lowest BCUT2D eigenvalue weighted by atomic mass is 9.74. The second-order valence-corrected chi connectivity index (χ2v) is 12.3. The maximum absolute atomic E-state index is 14.7. The highest BCUT2D eigenvalue weighted by Crippen LogP contribution is 2.58. The van der Waals surface area contributed by atoms with Gasteiger partial charge in [0.2, 0.25) is 11.8 Å². The highest BCUT2D eigenvalue weighted by atomic mass is 16.5. The summed E-state index contributed by atoms with van der Waals surface area (Å²) in [7, 11) is 0. The number of rotatable bonds is 6. The standard InChI is InChI=1S/C33H39N3O5/c1-5-16-34-17-8-14-32(4)26(29(34)38)27-30(39)36(25(20-37)21(2)3)28-31(40)35(18-9-15-33(27,28)41-32)24-13-12-22-10-6-7-11-23(22)19-24/h6-15,19,21,25-28,37H,5,16-18,20H2,1-4H3/t25-,26-,27-,28?,32+,33-/m0/s1. The maximum Gasteiger partial charge on any atom is 0.253 e. The minimum atomic E-state index is -1.35. The number of hydrogen-bond donors (Lipinski definition) is 1. The van der Waals surface area contributed by atoms with Crippen molar-refractivity contribution in [2.45, 2.75) is 57.4 Å². The predicted octanol–water partition coefficient (Wildman–Crippen LogP) is 3.54. The Kier molecular flexibility index (Phi) is 6.82. The average molecular weight is 558 g/mol. The molecule has 1 N–H and O–H groups in total. The molecule has 2 aromatic rings. The number of fused-ring (bicyclic) bond motifs is 3. The van der Waals surface area contributed by atoms with E-state index >= 15 is 0 Å². The van der Waals surface area contributed by atoms with Gasteiger partial charge in [0.15, 0.2) is 0 Å². The number of anilines is 1. The van der Waals surface area contributed by atoms with Crippen molar-refractivity contribution in [3.63, 3.8) is 0 Å². The van der Waals surface area contributed by atoms with Crippen LogP contribution in [0.5, 0.6) is 0 Å². The Morgan fingerprint density at radius 1 is 0.951 bits per heavy atom. The third-order valence-corrected chi connectivity index (χ3v) is 9.43. The summed E-state index contributed by atoms with van der Waals surface area (Å²) in [5, 5.41) is 12.6. The summed E-state index contributed by atoms with van der Waals surface area (Å²) in [4.78, 5) is 48.5. The van der Waals surface area contributed by atoms with Crippen LogP contribution in [-0.2, 0) is 19.1 Å². The Morgan fingerprint density at radius 2 is 1.68 bits per heavy atom. The number of carbonyl (C=O) groups is 3. The normalized spacial score (nSPS) is 31.9. The molecular weight excluding hydrogens is 518 g/mol. The van der Waals surface area contributed by atoms with Gasteiger partial charge in [-0.05, 0) is 42.2 Å². The number of likely N-dealkylation sites (tertiary alicyclic amines) is 1. The van der Waals surface area contributed by atoms with E-state index in [-0.39, 0.29) is 30.2 Å². The number of carbonyl (C=O) groups excluding carboxylic acids is 3. The zero-order valence-corrected chi connectivity index (χ0v) is 24.2. The molecule has 0 aromatic heterocycles. The molecule has 0 bridgehead atoms. The van der Waals surface area contributed by atoms with Gasteiger partial charge in [-0.1, -0.05) is 75.4 Å². The zero-order chi connectivity index (χ0) is 29.1. The van der Waals surface area contributed by atoms with Crippen LogP contribution in [-0.4, -0.2) is 82.2 Å². The smallest absolute Gasteiger partial charge is 0.253 e. The lowest BCUT2D eigenvalue weighted by Gasteiger charge is -2.41. The lowest BCUT2D eigenvalue weighted by molar-refractivity contribution is -0.152. The van der Waals surface area contributed by atoms with Gasteiger partial charge in [-0.3, -0.25) is 14.4 Å². The fraction of sp³-hybridized carbons (Fsp3) is 0.485. The van der Waals surface area contributed by atoms with Crippen LogP contribution in [0.15, 0.2) is 66.8 Å². The molecule has 2 saturated heterocycles. The fourth-order valence-electron chi connectivity index (χ4n) is 7.54. The summed E-state index contributed by atoms with van der Waals surface area (Å²) >= 11 is 0. The topological polar surface area (TPSA) is 90.4 Å². The van der Waals surface area contributed by atoms with Gasteiger partial charge in [0.05, 0.1) is 30.1 Å². The van der Waals surface area contributed by atoms with Gasteiger partial charge in [0, 0.05) is 25.3 Å². The van der Waals surface area contributed by atoms with E-state index in [1.54, 1.807) is 14.7 Å². The third-order valence-electron chi connectivity index (χ3n) is 9.43. The van der Waals surface area contributed by atoms with Gasteiger partial charge in [0.25, 0.3) is 5.91 Å². The number of hydrogen-bond acceptors (Lipinski definition) is 5. The Balaban J connectivity index is 1.50. The first kappa shape index (κ1) is 27.7. The quantitative estimate of drug-likeness (QED) is 0.549. The second kappa shape index (κ2) is 10.1. The molecule has 2 aromatic carbocycles. The second-order valence-electron chi connectivity index (χ2n) is 12.3. The molecule has 216 valence electrons. The van der Waals surface area contributed by atoms with Crippen molar-refractivity contribution < 1.29 is 24.2 Å². The van der Waals surface area contributed by atoms with Crippen LogP contribution in [0.2, 0.25) is 0 Å². The fourth-order valence-corrected chi connectivity index (χ4v) is 7.54. The average Bonchev–Trinajstić information content (AvgIpc) is 3.22. The summed E-state index contributed by atoms with van der Waals surface area (Å²) in [6, 6.07) is 12.2. The molecule has 6 rings (SSSR count). The SMILES string of the molecule is CCCN1CC=C[C@@]2(C)O[C@]34C=CCN(c5ccc6ccccc6c5)C(=O)C3N([C@@H](CO)C(C)C)C(=O)[C@@H]4[C@H]2C1=O. The molecule has 2 fully saturated rings. The van der Waals surface area contributed by atoms with E-state index in [9.17, 15) is 19.5 Å². The first-order valence-electron chi connectivity index (χ1n) is 14.7. The maximum atomic E-state index is 14.7. The van der Waals surface area contributed by atoms with Crippen LogP contribution >= 0.6 is 0 Å². The molecule has 8 nitrogen and oxygen atoms in total. The highest BCUT2D eigenvalue weighted by Gasteiger charge is 2.75. The van der Waals surface area contributed by atoms with Crippen molar-refractivity contribution in [3.8, 4) is 0 Å². The molecule has 1 unspecified atom stereocenters. The molecule has 41 heavy (non-hydrogen) atoms. The number of ether oxygens (including phenoxy) is 1. The predicted molar refractivity (Wildman–Crippen MR) is 157 cm³/mol. The largest absolute Gasteiger partial charge is 0.394 e. The summed E-state index contributed by atoms with van der Waals surface area (Å²) < 4.78 is 6.91. The van der Waals surface area contributed by atoms with E-state index < -0.39 is 35.1 Å². The number of aliphatic hydroxyl groups is 1. The molecule has 0 saturated carbocycles. The van der Waals surface area contributed by atoms with E-state index in [1.165, 1.54) is 0 Å². The van der Waals surface area contributed by atoms with Crippen LogP contribution in [0.1, 0.15) is 34.1 Å². The molecule has 1 spiro atoms. The Morgan fingerprint density at radius 3 is 2.39 bits per heavy atom. The number of amides is 3. The molecule has 0 radical (unpaired) electrons. The Bertz CT molecular complexity index is 1450. The number of aliphatic hydroxyl groups excluding tert-OH is 1. The van der Waals surface area contributed by atoms with E-state index in [0.717, 1.165) is 22.9 Å². The van der Waals surface area contributed by atoms with Crippen molar-refractivity contribution in [2.75, 3.05) is 31.1 Å². The minimum absolute atomic E-state index is 0.123. The Hall–Kier alpha value is -3.49. The van der Waals surface area contributed by atoms with Gasteiger partial charge >= 0.3 is 0 Å². The zero-order valence-electron chi connectivity index (χ0n) is 24.2. The van der Waals surface area contributed by atoms with Crippen molar-refractivity contribution >= 4 is 34.2 Å². The van der Waals surface area contributed by atoms with Gasteiger partial charge in [-0.25, -0.2) is 0 Å². The molecule has 4 aliphatic heterocycles. The first-order valence-corrected chi connectivity index (χ1v) is 14.7. The van der Waals surface area contributed by atoms with Gasteiger partial charge in [0.1, 0.15) is 11.6 Å². The molecule has 6 atom stereocenters. The third kappa shape index (κ3) is 4.06. The minimum Gasteiger partial charge on any atom is -0.394 e. The molecule has 4 aliphatic rings. The van der Waals surface area contributed by atoms with E-state index in [4.69, 9.17) is 4.74 Å². The molecule has 4 heterocycles. The summed E-state index contributed by atoms with van der Waals surface area (Å²) in [5.74, 6) is -2.52. The van der Waals surface area contributed by atoms with Crippen molar-refractivity contribution in [3.05, 3.63) is 66.8 Å². The van der Waals surface area contributed by atoms with E-state index in [2.05, 4.69) is 0 Å². The van der Waals surface area contributed by atoms with Crippen LogP contribution in [0.3, 0.4) is 0 Å². The van der Waals surface area contributed by atoms with E-state index in [0.29, 0.717) is 19.6 Å². The molecule has 8 heteroatoms. The van der Waals surface area contributed by atoms with Gasteiger partial charge in [-0.2, -0.15) is 0 Å². The van der Waals surface area contributed by atoms with Gasteiger partial charge in [-0.15, -0.1) is 0 Å². The number of nitrogens with zero attached hydrogens (tertiary/aromatic N) is 3. The Labute approximate surface area is 241 Å².